The summed E-state index contributed by atoms with van der Waals surface area (Å²) in [6.07, 6.45) is 1.21. The quantitative estimate of drug-likeness (QED) is 0.618. The Kier molecular flexibility index (Phi) is 7.32. The summed E-state index contributed by atoms with van der Waals surface area (Å²) in [5, 5.41) is 14.1. The van der Waals surface area contributed by atoms with Gasteiger partial charge in [0.1, 0.15) is 0 Å². The number of carbonyl (C=O) groups is 3. The van der Waals surface area contributed by atoms with Gasteiger partial charge in [0.05, 0.1) is 11.8 Å². The molecule has 28 heavy (non-hydrogen) atoms. The summed E-state index contributed by atoms with van der Waals surface area (Å²) < 4.78 is 0. The monoisotopic (exact) mass is 382 g/mol. The van der Waals surface area contributed by atoms with E-state index in [-0.39, 0.29) is 24.8 Å². The number of aliphatic carboxylic acids is 1. The highest BCUT2D eigenvalue weighted by Crippen LogP contribution is 2.33. The van der Waals surface area contributed by atoms with E-state index in [2.05, 4.69) is 10.6 Å². The van der Waals surface area contributed by atoms with Crippen LogP contribution in [0, 0.1) is 0 Å². The summed E-state index contributed by atoms with van der Waals surface area (Å²) in [5.74, 6) is -1.39. The number of hydrogen-bond acceptors (Lipinski definition) is 3. The molecule has 2 aromatic carbocycles. The number of anilines is 1. The largest absolute Gasteiger partial charge is 0.481 e. The smallest absolute Gasteiger partial charge is 0.305 e. The molecule has 0 bridgehead atoms. The molecule has 0 saturated carbocycles. The molecule has 6 nitrogen and oxygen atoms in total. The van der Waals surface area contributed by atoms with Crippen LogP contribution in [0.5, 0.6) is 0 Å². The van der Waals surface area contributed by atoms with Crippen LogP contribution >= 0.6 is 0 Å². The average Bonchev–Trinajstić information content (AvgIpc) is 2.70. The van der Waals surface area contributed by atoms with Crippen molar-refractivity contribution >= 4 is 23.5 Å². The molecule has 0 aromatic heterocycles. The maximum Gasteiger partial charge on any atom is 0.305 e. The summed E-state index contributed by atoms with van der Waals surface area (Å²) in [5.41, 5.74) is 1.37. The van der Waals surface area contributed by atoms with E-state index in [4.69, 9.17) is 5.11 Å². The molecule has 0 fully saturated rings. The first-order valence-electron chi connectivity index (χ1n) is 9.40. The minimum atomic E-state index is -0.966. The van der Waals surface area contributed by atoms with Crippen molar-refractivity contribution in [1.82, 2.24) is 5.32 Å². The zero-order valence-corrected chi connectivity index (χ0v) is 16.2. The van der Waals surface area contributed by atoms with E-state index < -0.39 is 11.4 Å². The fraction of sp³-hybridized carbons (Fsp3) is 0.318. The Morgan fingerprint density at radius 2 is 1.54 bits per heavy atom. The second-order valence-corrected chi connectivity index (χ2v) is 6.59. The molecule has 0 aliphatic heterocycles. The second kappa shape index (κ2) is 9.69. The molecule has 0 saturated heterocycles. The van der Waals surface area contributed by atoms with Gasteiger partial charge in [-0.1, -0.05) is 44.2 Å². The van der Waals surface area contributed by atoms with Crippen LogP contribution in [0.3, 0.4) is 0 Å². The molecule has 0 aliphatic carbocycles. The van der Waals surface area contributed by atoms with E-state index in [0.717, 1.165) is 5.56 Å². The molecular formula is C22H26N2O4. The highest BCUT2D eigenvalue weighted by molar-refractivity contribution is 6.00. The molecule has 2 aromatic rings. The first-order valence-corrected chi connectivity index (χ1v) is 9.40. The molecule has 2 amide bonds. The van der Waals surface area contributed by atoms with Crippen LogP contribution in [0.25, 0.3) is 0 Å². The first kappa shape index (κ1) is 21.2. The van der Waals surface area contributed by atoms with Crippen molar-refractivity contribution in [3.8, 4) is 0 Å². The van der Waals surface area contributed by atoms with E-state index in [1.807, 2.05) is 44.2 Å². The third-order valence-corrected chi connectivity index (χ3v) is 5.00. The summed E-state index contributed by atoms with van der Waals surface area (Å²) in [6.45, 7) is 4.07. The lowest BCUT2D eigenvalue weighted by molar-refractivity contribution is -0.136. The van der Waals surface area contributed by atoms with Gasteiger partial charge in [-0.3, -0.25) is 14.4 Å². The zero-order chi connectivity index (χ0) is 20.6. The maximum atomic E-state index is 13.1. The normalized spacial score (nSPS) is 10.9. The Morgan fingerprint density at radius 1 is 0.929 bits per heavy atom. The third-order valence-electron chi connectivity index (χ3n) is 5.00. The summed E-state index contributed by atoms with van der Waals surface area (Å²) in [7, 11) is 0. The Morgan fingerprint density at radius 3 is 2.07 bits per heavy atom. The number of benzene rings is 2. The number of carbonyl (C=O) groups excluding carboxylic acids is 2. The Bertz CT molecular complexity index is 812. The molecule has 0 radical (unpaired) electrons. The molecule has 3 N–H and O–H groups in total. The molecule has 0 spiro atoms. The minimum Gasteiger partial charge on any atom is -0.481 e. The Labute approximate surface area is 165 Å². The van der Waals surface area contributed by atoms with E-state index in [9.17, 15) is 14.4 Å². The lowest BCUT2D eigenvalue weighted by Crippen LogP contribution is -2.39. The Hall–Kier alpha value is -3.15. The second-order valence-electron chi connectivity index (χ2n) is 6.59. The number of amides is 2. The lowest BCUT2D eigenvalue weighted by atomic mass is 9.75. The van der Waals surface area contributed by atoms with Gasteiger partial charge in [-0.05, 0) is 42.7 Å². The molecule has 2 rings (SSSR count). The van der Waals surface area contributed by atoms with Gasteiger partial charge < -0.3 is 15.7 Å². The van der Waals surface area contributed by atoms with Gasteiger partial charge in [-0.2, -0.15) is 0 Å². The topological polar surface area (TPSA) is 95.5 Å². The Balaban J connectivity index is 2.09. The highest BCUT2D eigenvalue weighted by atomic mass is 16.4. The van der Waals surface area contributed by atoms with Crippen LogP contribution in [0.2, 0.25) is 0 Å². The van der Waals surface area contributed by atoms with Crippen molar-refractivity contribution in [3.05, 3.63) is 65.7 Å². The number of carboxylic acids is 1. The molecule has 148 valence electrons. The van der Waals surface area contributed by atoms with Gasteiger partial charge in [-0.25, -0.2) is 0 Å². The molecule has 0 unspecified atom stereocenters. The minimum absolute atomic E-state index is 0.0687. The van der Waals surface area contributed by atoms with E-state index in [1.165, 1.54) is 0 Å². The molecule has 6 heteroatoms. The fourth-order valence-corrected chi connectivity index (χ4v) is 3.21. The molecule has 0 aliphatic rings. The number of hydrogen-bond donors (Lipinski definition) is 3. The van der Waals surface area contributed by atoms with Crippen LogP contribution in [0.4, 0.5) is 5.69 Å². The van der Waals surface area contributed by atoms with Gasteiger partial charge in [0, 0.05) is 17.8 Å². The first-order chi connectivity index (χ1) is 13.4. The van der Waals surface area contributed by atoms with E-state index >= 15 is 0 Å². The van der Waals surface area contributed by atoms with Crippen molar-refractivity contribution in [1.29, 1.82) is 0 Å². The van der Waals surface area contributed by atoms with Crippen molar-refractivity contribution in [2.24, 2.45) is 0 Å². The van der Waals surface area contributed by atoms with Gasteiger partial charge >= 0.3 is 5.97 Å². The number of carboxylic acid groups (broad SMARTS) is 1. The highest BCUT2D eigenvalue weighted by Gasteiger charge is 2.36. The van der Waals surface area contributed by atoms with E-state index in [0.29, 0.717) is 24.1 Å². The summed E-state index contributed by atoms with van der Waals surface area (Å²) in [4.78, 5) is 35.6. The van der Waals surface area contributed by atoms with Crippen molar-refractivity contribution in [2.75, 3.05) is 11.9 Å². The maximum absolute atomic E-state index is 13.1. The third kappa shape index (κ3) is 4.97. The van der Waals surface area contributed by atoms with Crippen LogP contribution < -0.4 is 10.6 Å². The van der Waals surface area contributed by atoms with Gasteiger partial charge in [0.25, 0.3) is 5.91 Å². The predicted octanol–water partition coefficient (Wildman–Crippen LogP) is 3.59. The molecule has 0 atom stereocenters. The van der Waals surface area contributed by atoms with Crippen LogP contribution in [0.1, 0.15) is 49.0 Å². The molecular weight excluding hydrogens is 356 g/mol. The van der Waals surface area contributed by atoms with Gasteiger partial charge in [0.15, 0.2) is 0 Å². The molecule has 0 heterocycles. The van der Waals surface area contributed by atoms with Crippen molar-refractivity contribution in [3.63, 3.8) is 0 Å². The summed E-state index contributed by atoms with van der Waals surface area (Å²) >= 11 is 0. The van der Waals surface area contributed by atoms with Crippen molar-refractivity contribution < 1.29 is 19.5 Å². The van der Waals surface area contributed by atoms with Crippen LogP contribution in [-0.4, -0.2) is 29.4 Å². The van der Waals surface area contributed by atoms with E-state index in [1.54, 1.807) is 24.3 Å². The van der Waals surface area contributed by atoms with Gasteiger partial charge in [0.2, 0.25) is 5.91 Å². The summed E-state index contributed by atoms with van der Waals surface area (Å²) in [6, 6.07) is 16.3. The van der Waals surface area contributed by atoms with Crippen LogP contribution in [-0.2, 0) is 15.0 Å². The van der Waals surface area contributed by atoms with Crippen LogP contribution in [0.15, 0.2) is 54.6 Å². The zero-order valence-electron chi connectivity index (χ0n) is 16.2. The lowest BCUT2D eigenvalue weighted by Gasteiger charge is -2.31. The van der Waals surface area contributed by atoms with Crippen molar-refractivity contribution in [2.45, 2.75) is 38.5 Å². The SMILES string of the molecule is CCC(CC)(C(=O)Nc1ccc(C(=O)NCCC(=O)O)cc1)c1ccccc1. The predicted molar refractivity (Wildman–Crippen MR) is 108 cm³/mol. The number of nitrogens with one attached hydrogen (secondary N) is 2. The fourth-order valence-electron chi connectivity index (χ4n) is 3.21. The number of rotatable bonds is 9. The van der Waals surface area contributed by atoms with Gasteiger partial charge in [-0.15, -0.1) is 0 Å². The average molecular weight is 382 g/mol. The standard InChI is InChI=1S/C22H26N2O4/c1-3-22(4-2,17-8-6-5-7-9-17)21(28)24-18-12-10-16(11-13-18)20(27)23-15-14-19(25)26/h5-13H,3-4,14-15H2,1-2H3,(H,23,27)(H,24,28)(H,25,26).